The zero-order valence-corrected chi connectivity index (χ0v) is 18.2. The van der Waals surface area contributed by atoms with Crippen molar-refractivity contribution < 1.29 is 14.7 Å². The van der Waals surface area contributed by atoms with Gasteiger partial charge in [-0.25, -0.2) is 0 Å². The Kier molecular flexibility index (Phi) is 8.58. The molecule has 0 saturated heterocycles. The summed E-state index contributed by atoms with van der Waals surface area (Å²) < 4.78 is 0. The standard InChI is InChI=1S/C17H16N2O.C9H10O2/c1-13-10-16(11-14(2)17(13)20)12-19-18-9-8-15-6-4-3-5-7-15;1-6-3-8(5-10)4-7(2)9(6)11/h3-12H,1-2H3;3-5,11H,1-2H3/b9-8+,19-18?;. The second-order valence-corrected chi connectivity index (χ2v) is 7.19. The fourth-order valence-corrected chi connectivity index (χ4v) is 2.94. The number of azo groups is 1. The summed E-state index contributed by atoms with van der Waals surface area (Å²) in [5.74, 6) is 0.360. The number of phenolic OH excluding ortho intramolecular Hbond substituents is 1. The SMILES string of the molecule is CC1=CC(=CN=N/C=C/c2ccccc2)C=C(C)C1=O.Cc1cc(C=O)cc(C)c1O. The molecule has 1 aliphatic carbocycles. The van der Waals surface area contributed by atoms with Gasteiger partial charge in [0.2, 0.25) is 0 Å². The Morgan fingerprint density at radius 3 is 1.97 bits per heavy atom. The van der Waals surface area contributed by atoms with Crippen LogP contribution in [0.4, 0.5) is 0 Å². The molecule has 158 valence electrons. The largest absolute Gasteiger partial charge is 0.507 e. The smallest absolute Gasteiger partial charge is 0.184 e. The van der Waals surface area contributed by atoms with E-state index in [1.54, 1.807) is 52.2 Å². The minimum atomic E-state index is 0.0862. The zero-order valence-electron chi connectivity index (χ0n) is 18.2. The molecule has 0 aliphatic heterocycles. The molecule has 0 radical (unpaired) electrons. The Morgan fingerprint density at radius 1 is 0.839 bits per heavy atom. The summed E-state index contributed by atoms with van der Waals surface area (Å²) in [5.41, 5.74) is 5.51. The van der Waals surface area contributed by atoms with E-state index < -0.39 is 0 Å². The quantitative estimate of drug-likeness (QED) is 0.472. The Bertz CT molecular complexity index is 1060. The van der Waals surface area contributed by atoms with Gasteiger partial charge in [0.25, 0.3) is 0 Å². The zero-order chi connectivity index (χ0) is 22.8. The fourth-order valence-electron chi connectivity index (χ4n) is 2.94. The van der Waals surface area contributed by atoms with E-state index in [9.17, 15) is 14.7 Å². The average Bonchev–Trinajstić information content (AvgIpc) is 2.76. The third kappa shape index (κ3) is 7.16. The molecule has 0 aromatic heterocycles. The molecule has 2 aromatic carbocycles. The van der Waals surface area contributed by atoms with Gasteiger partial charge in [-0.05, 0) is 91.5 Å². The van der Waals surface area contributed by atoms with Crippen LogP contribution in [-0.2, 0) is 4.79 Å². The first-order valence-electron chi connectivity index (χ1n) is 9.80. The van der Waals surface area contributed by atoms with Gasteiger partial charge in [0.1, 0.15) is 12.0 Å². The van der Waals surface area contributed by atoms with Crippen LogP contribution in [0.3, 0.4) is 0 Å². The maximum atomic E-state index is 11.6. The van der Waals surface area contributed by atoms with E-state index in [1.807, 2.05) is 48.6 Å². The lowest BCUT2D eigenvalue weighted by molar-refractivity contribution is -0.112. The van der Waals surface area contributed by atoms with Crippen molar-refractivity contribution in [2.75, 3.05) is 0 Å². The summed E-state index contributed by atoms with van der Waals surface area (Å²) in [4.78, 5) is 21.9. The Morgan fingerprint density at radius 2 is 1.42 bits per heavy atom. The highest BCUT2D eigenvalue weighted by Gasteiger charge is 2.12. The van der Waals surface area contributed by atoms with Crippen molar-refractivity contribution >= 4 is 18.1 Å². The third-order valence-electron chi connectivity index (χ3n) is 4.54. The molecule has 0 spiro atoms. The number of hydrogen-bond acceptors (Lipinski definition) is 5. The number of allylic oxidation sites excluding steroid dienone is 5. The van der Waals surface area contributed by atoms with Gasteiger partial charge in [0.05, 0.1) is 12.4 Å². The van der Waals surface area contributed by atoms with Crippen molar-refractivity contribution in [1.82, 2.24) is 0 Å². The van der Waals surface area contributed by atoms with Crippen molar-refractivity contribution in [2.24, 2.45) is 10.2 Å². The van der Waals surface area contributed by atoms with Gasteiger partial charge >= 0.3 is 0 Å². The normalized spacial score (nSPS) is 13.5. The van der Waals surface area contributed by atoms with Crippen LogP contribution in [-0.4, -0.2) is 17.2 Å². The lowest BCUT2D eigenvalue weighted by Gasteiger charge is -2.07. The highest BCUT2D eigenvalue weighted by Crippen LogP contribution is 2.21. The topological polar surface area (TPSA) is 79.1 Å². The Labute approximate surface area is 182 Å². The Balaban J connectivity index is 0.000000262. The molecule has 0 saturated carbocycles. The summed E-state index contributed by atoms with van der Waals surface area (Å²) in [6, 6.07) is 13.2. The predicted molar refractivity (Wildman–Crippen MR) is 124 cm³/mol. The number of aldehydes is 1. The number of benzene rings is 2. The number of rotatable bonds is 4. The minimum absolute atomic E-state index is 0.0862. The number of carbonyl (C=O) groups excluding carboxylic acids is 2. The molecule has 1 aliphatic rings. The van der Waals surface area contributed by atoms with Crippen molar-refractivity contribution in [3.8, 4) is 5.75 Å². The lowest BCUT2D eigenvalue weighted by atomic mass is 9.96. The number of hydrogen-bond donors (Lipinski definition) is 1. The molecule has 5 heteroatoms. The third-order valence-corrected chi connectivity index (χ3v) is 4.54. The van der Waals surface area contributed by atoms with Crippen molar-refractivity contribution in [1.29, 1.82) is 0 Å². The minimum Gasteiger partial charge on any atom is -0.507 e. The highest BCUT2D eigenvalue weighted by molar-refractivity contribution is 6.09. The first-order valence-corrected chi connectivity index (χ1v) is 9.80. The first kappa shape index (κ1) is 23.4. The monoisotopic (exact) mass is 414 g/mol. The van der Waals surface area contributed by atoms with Gasteiger partial charge in [0.15, 0.2) is 5.78 Å². The molecule has 0 atom stereocenters. The summed E-state index contributed by atoms with van der Waals surface area (Å²) in [6.07, 6.45) is 9.58. The lowest BCUT2D eigenvalue weighted by Crippen LogP contribution is -2.05. The first-order chi connectivity index (χ1) is 14.8. The summed E-state index contributed by atoms with van der Waals surface area (Å²) in [5, 5.41) is 17.2. The van der Waals surface area contributed by atoms with E-state index in [2.05, 4.69) is 10.2 Å². The predicted octanol–water partition coefficient (Wildman–Crippen LogP) is 6.29. The molecule has 0 fully saturated rings. The summed E-state index contributed by atoms with van der Waals surface area (Å²) in [6.45, 7) is 7.16. The van der Waals surface area contributed by atoms with Crippen LogP contribution in [0.5, 0.6) is 5.75 Å². The van der Waals surface area contributed by atoms with Crippen molar-refractivity contribution in [2.45, 2.75) is 27.7 Å². The molecule has 0 unspecified atom stereocenters. The average molecular weight is 415 g/mol. The van der Waals surface area contributed by atoms with Crippen LogP contribution in [0.25, 0.3) is 6.08 Å². The molecular formula is C26H26N2O3. The van der Waals surface area contributed by atoms with Crippen molar-refractivity contribution in [3.63, 3.8) is 0 Å². The van der Waals surface area contributed by atoms with Crippen LogP contribution < -0.4 is 0 Å². The highest BCUT2D eigenvalue weighted by atomic mass is 16.3. The number of Topliss-reactive ketones (excluding diaryl/α,β-unsaturated/α-hetero) is 1. The number of nitrogens with zero attached hydrogens (tertiary/aromatic N) is 2. The van der Waals surface area contributed by atoms with Crippen LogP contribution in [0, 0.1) is 13.8 Å². The van der Waals surface area contributed by atoms with E-state index in [4.69, 9.17) is 0 Å². The molecule has 0 amide bonds. The molecule has 2 aromatic rings. The number of aryl methyl sites for hydroxylation is 2. The summed E-state index contributed by atoms with van der Waals surface area (Å²) >= 11 is 0. The maximum absolute atomic E-state index is 11.6. The van der Waals surface area contributed by atoms with E-state index >= 15 is 0 Å². The molecule has 3 rings (SSSR count). The van der Waals surface area contributed by atoms with Crippen LogP contribution in [0.1, 0.15) is 40.9 Å². The Hall–Kier alpha value is -3.86. The van der Waals surface area contributed by atoms with E-state index in [1.165, 1.54) is 0 Å². The number of phenols is 1. The number of carbonyl (C=O) groups is 2. The molecule has 1 N–H and O–H groups in total. The molecule has 5 nitrogen and oxygen atoms in total. The second kappa shape index (κ2) is 11.4. The van der Waals surface area contributed by atoms with Gasteiger partial charge in [-0.15, -0.1) is 0 Å². The van der Waals surface area contributed by atoms with Crippen molar-refractivity contribution in [3.05, 3.63) is 106 Å². The van der Waals surface area contributed by atoms with Gasteiger partial charge in [-0.1, -0.05) is 30.3 Å². The molecule has 31 heavy (non-hydrogen) atoms. The van der Waals surface area contributed by atoms with Gasteiger partial charge in [-0.2, -0.15) is 10.2 Å². The molecule has 0 heterocycles. The van der Waals surface area contributed by atoms with Gasteiger partial charge in [-0.3, -0.25) is 9.59 Å². The summed E-state index contributed by atoms with van der Waals surface area (Å²) in [7, 11) is 0. The fraction of sp³-hybridized carbons (Fsp3) is 0.154. The van der Waals surface area contributed by atoms with Gasteiger partial charge < -0.3 is 5.11 Å². The van der Waals surface area contributed by atoms with E-state index in [0.29, 0.717) is 5.56 Å². The van der Waals surface area contributed by atoms with Crippen LogP contribution >= 0.6 is 0 Å². The number of aromatic hydroxyl groups is 1. The molecule has 0 bridgehead atoms. The van der Waals surface area contributed by atoms with E-state index in [0.717, 1.165) is 39.7 Å². The van der Waals surface area contributed by atoms with E-state index in [-0.39, 0.29) is 11.5 Å². The van der Waals surface area contributed by atoms with Gasteiger partial charge in [0, 0.05) is 5.56 Å². The second-order valence-electron chi connectivity index (χ2n) is 7.19. The number of ketones is 1. The van der Waals surface area contributed by atoms with Crippen LogP contribution in [0.15, 0.2) is 94.0 Å². The van der Waals surface area contributed by atoms with Crippen LogP contribution in [0.2, 0.25) is 0 Å². The maximum Gasteiger partial charge on any atom is 0.184 e. The molecular weight excluding hydrogens is 388 g/mol.